The molecule has 3 N–H and O–H groups in total. The summed E-state index contributed by atoms with van der Waals surface area (Å²) in [7, 11) is -9.19. The topological polar surface area (TPSA) is 200 Å². The molecular formula is C28H44N6O11P2. The Morgan fingerprint density at radius 3 is 2.32 bits per heavy atom. The van der Waals surface area contributed by atoms with Crippen molar-refractivity contribution in [2.75, 3.05) is 96.4 Å². The van der Waals surface area contributed by atoms with Gasteiger partial charge in [0, 0.05) is 39.1 Å². The van der Waals surface area contributed by atoms with E-state index in [9.17, 15) is 14.0 Å². The van der Waals surface area contributed by atoms with E-state index >= 15 is 0 Å². The largest absolute Gasteiger partial charge is 0.378 e. The van der Waals surface area contributed by atoms with Crippen LogP contribution in [0.5, 0.6) is 0 Å². The molecule has 3 fully saturated rings. The molecule has 4 atom stereocenters. The Kier molecular flexibility index (Phi) is 12.4. The Morgan fingerprint density at radius 1 is 1.00 bits per heavy atom. The van der Waals surface area contributed by atoms with Gasteiger partial charge in [0.2, 0.25) is 0 Å². The molecule has 2 saturated heterocycles. The molecule has 17 nitrogen and oxygen atoms in total. The molecule has 262 valence electrons. The van der Waals surface area contributed by atoms with Crippen LogP contribution >= 0.6 is 15.2 Å². The first kappa shape index (κ1) is 36.3. The monoisotopic (exact) mass is 702 g/mol. The van der Waals surface area contributed by atoms with Gasteiger partial charge < -0.3 is 47.8 Å². The van der Waals surface area contributed by atoms with Crippen molar-refractivity contribution in [3.05, 3.63) is 12.0 Å². The van der Waals surface area contributed by atoms with Crippen LogP contribution in [-0.4, -0.2) is 143 Å². The second kappa shape index (κ2) is 16.1. The van der Waals surface area contributed by atoms with Crippen LogP contribution in [0.25, 0.3) is 11.0 Å². The number of aromatic nitrogens is 4. The molecule has 4 heterocycles. The Morgan fingerprint density at radius 2 is 1.66 bits per heavy atom. The van der Waals surface area contributed by atoms with Crippen LogP contribution in [0.4, 0.5) is 5.82 Å². The van der Waals surface area contributed by atoms with E-state index in [1.165, 1.54) is 0 Å². The number of nitrogens with zero attached hydrogens (tertiary/aromatic N) is 6. The van der Waals surface area contributed by atoms with E-state index in [0.29, 0.717) is 83.6 Å². The summed E-state index contributed by atoms with van der Waals surface area (Å²) in [5, 5.41) is 5.40. The van der Waals surface area contributed by atoms with Crippen LogP contribution in [0.3, 0.4) is 0 Å². The Labute approximate surface area is 273 Å². The van der Waals surface area contributed by atoms with Gasteiger partial charge in [0.25, 0.3) is 0 Å². The number of anilines is 1. The normalized spacial score (nSPS) is 24.6. The highest BCUT2D eigenvalue weighted by Gasteiger charge is 2.63. The third-order valence-corrected chi connectivity index (χ3v) is 11.6. The molecule has 5 rings (SSSR count). The van der Waals surface area contributed by atoms with Gasteiger partial charge in [-0.3, -0.25) is 14.0 Å². The predicted octanol–water partition coefficient (Wildman–Crippen LogP) is 1.11. The van der Waals surface area contributed by atoms with Crippen LogP contribution < -0.4 is 4.90 Å². The van der Waals surface area contributed by atoms with Crippen molar-refractivity contribution in [2.24, 2.45) is 0 Å². The van der Waals surface area contributed by atoms with Crippen LogP contribution in [0.2, 0.25) is 0 Å². The van der Waals surface area contributed by atoms with Gasteiger partial charge in [0.1, 0.15) is 23.9 Å². The van der Waals surface area contributed by atoms with Gasteiger partial charge in [-0.1, -0.05) is 5.92 Å². The Balaban J connectivity index is 1.04. The van der Waals surface area contributed by atoms with Crippen molar-refractivity contribution in [3.8, 4) is 12.3 Å². The number of ether oxygens (including phenoxy) is 5. The lowest BCUT2D eigenvalue weighted by atomic mass is 10.2. The number of piperazine rings is 1. The first-order valence-corrected chi connectivity index (χ1v) is 19.2. The van der Waals surface area contributed by atoms with Gasteiger partial charge in [0.15, 0.2) is 17.8 Å². The van der Waals surface area contributed by atoms with Crippen LogP contribution in [0.15, 0.2) is 6.20 Å². The molecule has 47 heavy (non-hydrogen) atoms. The minimum absolute atomic E-state index is 0.291. The van der Waals surface area contributed by atoms with Crippen molar-refractivity contribution in [2.45, 2.75) is 44.1 Å². The van der Waals surface area contributed by atoms with E-state index in [-0.39, 0.29) is 0 Å². The SMILES string of the molecule is C#CCOCCOCCOCCOCCN1CCN(c2nc(C)nc3c2cnn3[C@H]2CCC3(C[C@@H]3OP(=O)(O)CP(=O)(O)O)O2)CC1. The summed E-state index contributed by atoms with van der Waals surface area (Å²) >= 11 is 0. The van der Waals surface area contributed by atoms with Gasteiger partial charge in [-0.25, -0.2) is 14.6 Å². The standard InChI is InChI=1S/C28H44N6O11P2/c1-3-11-40-13-15-42-17-18-43-16-14-41-12-10-32-6-8-33(9-7-32)26-23-20-29-34(27(23)31-22(2)30-26)25-4-5-28(44-25)19-24(28)45-47(38,39)21-46(35,36)37/h1,20,24-25H,4-19,21H2,2H3,(H,38,39)(H2,35,36,37)/t24-,25+,28?/m0/s1. The van der Waals surface area contributed by atoms with E-state index < -0.39 is 39.0 Å². The number of rotatable bonds is 19. The molecule has 0 aromatic carbocycles. The molecule has 1 aliphatic carbocycles. The van der Waals surface area contributed by atoms with E-state index in [0.717, 1.165) is 43.9 Å². The van der Waals surface area contributed by atoms with E-state index in [1.54, 1.807) is 10.9 Å². The third-order valence-electron chi connectivity index (χ3n) is 8.14. The number of hydrogen-bond acceptors (Lipinski definition) is 13. The van der Waals surface area contributed by atoms with Gasteiger partial charge in [-0.15, -0.1) is 6.42 Å². The fourth-order valence-electron chi connectivity index (χ4n) is 5.81. The molecule has 1 saturated carbocycles. The summed E-state index contributed by atoms with van der Waals surface area (Å²) in [5.74, 6) is 2.60. The minimum atomic E-state index is -4.71. The second-order valence-corrected chi connectivity index (χ2v) is 15.7. The maximum atomic E-state index is 12.2. The zero-order chi connectivity index (χ0) is 33.5. The molecule has 0 radical (unpaired) electrons. The highest BCUT2D eigenvalue weighted by Crippen LogP contribution is 2.63. The first-order valence-electron chi connectivity index (χ1n) is 15.6. The highest BCUT2D eigenvalue weighted by atomic mass is 31.2. The predicted molar refractivity (Wildman–Crippen MR) is 169 cm³/mol. The van der Waals surface area contributed by atoms with Gasteiger partial charge in [0.05, 0.1) is 63.9 Å². The quantitative estimate of drug-likeness (QED) is 0.107. The van der Waals surface area contributed by atoms with Crippen molar-refractivity contribution in [1.29, 1.82) is 0 Å². The Hall–Kier alpha value is -2.03. The van der Waals surface area contributed by atoms with Crippen molar-refractivity contribution in [3.63, 3.8) is 0 Å². The average Bonchev–Trinajstić information content (AvgIpc) is 3.28. The van der Waals surface area contributed by atoms with Crippen molar-refractivity contribution < 1.29 is 52.0 Å². The summed E-state index contributed by atoms with van der Waals surface area (Å²) in [6, 6.07) is 0. The zero-order valence-electron chi connectivity index (χ0n) is 26.5. The smallest absolute Gasteiger partial charge is 0.340 e. The molecule has 0 amide bonds. The molecule has 3 aliphatic rings. The van der Waals surface area contributed by atoms with Gasteiger partial charge >= 0.3 is 15.2 Å². The van der Waals surface area contributed by atoms with Gasteiger partial charge in [-0.05, 0) is 19.8 Å². The lowest BCUT2D eigenvalue weighted by molar-refractivity contribution is -0.0359. The first-order chi connectivity index (χ1) is 22.5. The summed E-state index contributed by atoms with van der Waals surface area (Å²) in [5.41, 5.74) is -0.150. The lowest BCUT2D eigenvalue weighted by Crippen LogP contribution is -2.47. The molecular weight excluding hydrogens is 658 g/mol. The maximum absolute atomic E-state index is 12.2. The van der Waals surface area contributed by atoms with Gasteiger partial charge in [-0.2, -0.15) is 5.10 Å². The maximum Gasteiger partial charge on any atom is 0.340 e. The van der Waals surface area contributed by atoms with Crippen molar-refractivity contribution >= 4 is 32.0 Å². The van der Waals surface area contributed by atoms with Crippen LogP contribution in [0, 0.1) is 19.3 Å². The Bertz CT molecular complexity index is 1480. The number of aryl methyl sites for hydroxylation is 1. The molecule has 2 unspecified atom stereocenters. The number of terminal acetylenes is 1. The summed E-state index contributed by atoms with van der Waals surface area (Å²) in [4.78, 5) is 42.1. The number of fused-ring (bicyclic) bond motifs is 1. The number of hydrogen-bond donors (Lipinski definition) is 3. The van der Waals surface area contributed by atoms with E-state index in [1.807, 2.05) is 6.92 Å². The van der Waals surface area contributed by atoms with E-state index in [4.69, 9.17) is 49.4 Å². The van der Waals surface area contributed by atoms with Crippen LogP contribution in [-0.2, 0) is 37.3 Å². The van der Waals surface area contributed by atoms with Crippen LogP contribution in [0.1, 0.15) is 31.3 Å². The van der Waals surface area contributed by atoms with E-state index in [2.05, 4.69) is 25.8 Å². The average molecular weight is 703 g/mol. The zero-order valence-corrected chi connectivity index (χ0v) is 28.3. The summed E-state index contributed by atoms with van der Waals surface area (Å²) in [6.07, 6.45) is 7.15. The third kappa shape index (κ3) is 10.2. The molecule has 19 heteroatoms. The lowest BCUT2D eigenvalue weighted by Gasteiger charge is -2.35. The highest BCUT2D eigenvalue weighted by molar-refractivity contribution is 7.70. The molecule has 2 aliphatic heterocycles. The molecule has 1 spiro atoms. The summed E-state index contributed by atoms with van der Waals surface area (Å²) in [6.45, 7) is 9.82. The fraction of sp³-hybridized carbons (Fsp3) is 0.750. The minimum Gasteiger partial charge on any atom is -0.378 e. The molecule has 2 aromatic heterocycles. The van der Waals surface area contributed by atoms with Crippen molar-refractivity contribution in [1.82, 2.24) is 24.6 Å². The molecule has 0 bridgehead atoms. The summed E-state index contributed by atoms with van der Waals surface area (Å²) < 4.78 is 58.4. The second-order valence-electron chi connectivity index (χ2n) is 11.8. The fourth-order valence-corrected chi connectivity index (χ4v) is 8.60. The molecule has 2 aromatic rings.